The largest absolute Gasteiger partial charge is 0.490 e. The molecule has 0 amide bonds. The molecule has 0 saturated carbocycles. The summed E-state index contributed by atoms with van der Waals surface area (Å²) in [5.41, 5.74) is 0.880. The second kappa shape index (κ2) is 6.59. The van der Waals surface area contributed by atoms with Crippen LogP contribution in [0.1, 0.15) is 12.8 Å². The number of anilines is 1. The molecule has 1 aromatic heterocycles. The van der Waals surface area contributed by atoms with Crippen molar-refractivity contribution >= 4 is 16.7 Å². The van der Waals surface area contributed by atoms with Crippen molar-refractivity contribution in [1.82, 2.24) is 4.98 Å². The molecule has 2 heterocycles. The summed E-state index contributed by atoms with van der Waals surface area (Å²) in [5.74, 6) is 1.12. The second-order valence-corrected chi connectivity index (χ2v) is 6.33. The minimum absolute atomic E-state index is 0.0301. The van der Waals surface area contributed by atoms with Crippen molar-refractivity contribution in [3.05, 3.63) is 70.6 Å². The standard InChI is InChI=1S/C20H19FN2O2/c21-14-4-3-5-16(12-14)25-15-8-10-23(11-9-15)20-13-19(24)17-6-1-2-7-18(17)22-20/h1-7,12-13,15H,8-11H2,(H,22,24). The van der Waals surface area contributed by atoms with Crippen LogP contribution in [-0.4, -0.2) is 24.2 Å². The van der Waals surface area contributed by atoms with E-state index in [2.05, 4.69) is 9.88 Å². The lowest BCUT2D eigenvalue weighted by molar-refractivity contribution is 0.170. The Morgan fingerprint density at radius 3 is 2.64 bits per heavy atom. The van der Waals surface area contributed by atoms with E-state index in [1.54, 1.807) is 18.2 Å². The fourth-order valence-electron chi connectivity index (χ4n) is 3.30. The molecule has 3 aromatic rings. The van der Waals surface area contributed by atoms with E-state index in [1.807, 2.05) is 24.3 Å². The number of aromatic nitrogens is 1. The summed E-state index contributed by atoms with van der Waals surface area (Å²) in [5, 5.41) is 0.704. The molecule has 1 aliphatic heterocycles. The topological polar surface area (TPSA) is 45.3 Å². The molecule has 1 aliphatic rings. The summed E-state index contributed by atoms with van der Waals surface area (Å²) >= 11 is 0. The number of aromatic amines is 1. The van der Waals surface area contributed by atoms with Crippen molar-refractivity contribution in [1.29, 1.82) is 0 Å². The van der Waals surface area contributed by atoms with Gasteiger partial charge in [-0.25, -0.2) is 4.39 Å². The number of piperidine rings is 1. The molecule has 4 nitrogen and oxygen atoms in total. The number of ether oxygens (including phenoxy) is 1. The van der Waals surface area contributed by atoms with Gasteiger partial charge in [-0.15, -0.1) is 0 Å². The van der Waals surface area contributed by atoms with Crippen LogP contribution >= 0.6 is 0 Å². The van der Waals surface area contributed by atoms with Gasteiger partial charge in [0.2, 0.25) is 0 Å². The van der Waals surface area contributed by atoms with E-state index >= 15 is 0 Å². The number of H-pyrrole nitrogens is 1. The highest BCUT2D eigenvalue weighted by molar-refractivity contribution is 5.80. The summed E-state index contributed by atoms with van der Waals surface area (Å²) in [6.45, 7) is 1.57. The molecule has 0 unspecified atom stereocenters. The normalized spacial score (nSPS) is 15.5. The minimum Gasteiger partial charge on any atom is -0.490 e. The van der Waals surface area contributed by atoms with Crippen molar-refractivity contribution in [3.63, 3.8) is 0 Å². The lowest BCUT2D eigenvalue weighted by Gasteiger charge is -2.33. The quantitative estimate of drug-likeness (QED) is 0.792. The Morgan fingerprint density at radius 2 is 1.84 bits per heavy atom. The minimum atomic E-state index is -0.288. The molecular weight excluding hydrogens is 319 g/mol. The van der Waals surface area contributed by atoms with E-state index in [4.69, 9.17) is 4.74 Å². The number of para-hydroxylation sites is 1. The second-order valence-electron chi connectivity index (χ2n) is 6.33. The molecule has 0 radical (unpaired) electrons. The average Bonchev–Trinajstić information content (AvgIpc) is 2.62. The molecule has 1 saturated heterocycles. The van der Waals surface area contributed by atoms with Crippen molar-refractivity contribution in [2.24, 2.45) is 0 Å². The number of hydrogen-bond acceptors (Lipinski definition) is 3. The number of fused-ring (bicyclic) bond motifs is 1. The molecule has 4 rings (SSSR count). The smallest absolute Gasteiger partial charge is 0.191 e. The van der Waals surface area contributed by atoms with Crippen LogP contribution in [0.2, 0.25) is 0 Å². The highest BCUT2D eigenvalue weighted by Crippen LogP contribution is 2.23. The van der Waals surface area contributed by atoms with Gasteiger partial charge in [0.25, 0.3) is 0 Å². The molecule has 1 fully saturated rings. The zero-order valence-corrected chi connectivity index (χ0v) is 13.7. The molecule has 2 aromatic carbocycles. The number of hydrogen-bond donors (Lipinski definition) is 1. The van der Waals surface area contributed by atoms with Crippen LogP contribution in [0.5, 0.6) is 5.75 Å². The molecule has 5 heteroatoms. The highest BCUT2D eigenvalue weighted by atomic mass is 19.1. The SMILES string of the molecule is O=c1cc(N2CCC(Oc3cccc(F)c3)CC2)[nH]c2ccccc12. The van der Waals surface area contributed by atoms with Gasteiger partial charge in [0.05, 0.1) is 5.52 Å². The average molecular weight is 338 g/mol. The number of rotatable bonds is 3. The van der Waals surface area contributed by atoms with Crippen molar-refractivity contribution in [2.75, 3.05) is 18.0 Å². The fourth-order valence-corrected chi connectivity index (χ4v) is 3.30. The Bertz CT molecular complexity index is 946. The van der Waals surface area contributed by atoms with Crippen molar-refractivity contribution < 1.29 is 9.13 Å². The Labute approximate surface area is 144 Å². The van der Waals surface area contributed by atoms with Crippen molar-refractivity contribution in [2.45, 2.75) is 18.9 Å². The molecule has 128 valence electrons. The fraction of sp³-hybridized carbons (Fsp3) is 0.250. The van der Waals surface area contributed by atoms with Crippen LogP contribution in [0.4, 0.5) is 10.2 Å². The predicted molar refractivity (Wildman–Crippen MR) is 96.8 cm³/mol. The summed E-state index contributed by atoms with van der Waals surface area (Å²) < 4.78 is 19.1. The van der Waals surface area contributed by atoms with E-state index in [9.17, 15) is 9.18 Å². The summed E-state index contributed by atoms with van der Waals surface area (Å²) in [6, 6.07) is 15.4. The molecule has 0 spiro atoms. The Hall–Kier alpha value is -2.82. The molecule has 0 atom stereocenters. The van der Waals surface area contributed by atoms with E-state index in [-0.39, 0.29) is 17.3 Å². The van der Waals surface area contributed by atoms with E-state index in [0.717, 1.165) is 37.3 Å². The first-order valence-electron chi connectivity index (χ1n) is 8.48. The molecule has 25 heavy (non-hydrogen) atoms. The van der Waals surface area contributed by atoms with Gasteiger partial charge >= 0.3 is 0 Å². The van der Waals surface area contributed by atoms with E-state index in [0.29, 0.717) is 11.1 Å². The van der Waals surface area contributed by atoms with Gasteiger partial charge in [0.15, 0.2) is 5.43 Å². The van der Waals surface area contributed by atoms with Crippen LogP contribution < -0.4 is 15.1 Å². The van der Waals surface area contributed by atoms with Gasteiger partial charge in [-0.2, -0.15) is 0 Å². The first-order valence-corrected chi connectivity index (χ1v) is 8.48. The van der Waals surface area contributed by atoms with E-state index < -0.39 is 0 Å². The molecule has 0 aliphatic carbocycles. The lowest BCUT2D eigenvalue weighted by atomic mass is 10.1. The lowest BCUT2D eigenvalue weighted by Crippen LogP contribution is -2.39. The predicted octanol–water partition coefficient (Wildman–Crippen LogP) is 3.72. The first-order chi connectivity index (χ1) is 12.2. The zero-order chi connectivity index (χ0) is 17.2. The number of nitrogens with zero attached hydrogens (tertiary/aromatic N) is 1. The Balaban J connectivity index is 1.46. The van der Waals surface area contributed by atoms with E-state index in [1.165, 1.54) is 12.1 Å². The van der Waals surface area contributed by atoms with Gasteiger partial charge in [0, 0.05) is 43.5 Å². The summed E-state index contributed by atoms with van der Waals surface area (Å²) in [4.78, 5) is 17.8. The van der Waals surface area contributed by atoms with Gasteiger partial charge in [-0.1, -0.05) is 18.2 Å². The van der Waals surface area contributed by atoms with Gasteiger partial charge in [-0.05, 0) is 24.3 Å². The molecule has 1 N–H and O–H groups in total. The Morgan fingerprint density at radius 1 is 1.04 bits per heavy atom. The maximum Gasteiger partial charge on any atom is 0.191 e. The van der Waals surface area contributed by atoms with Crippen LogP contribution in [0.15, 0.2) is 59.4 Å². The molecular formula is C20H19FN2O2. The zero-order valence-electron chi connectivity index (χ0n) is 13.7. The number of nitrogens with one attached hydrogen (secondary N) is 1. The third-order valence-corrected chi connectivity index (χ3v) is 4.60. The van der Waals surface area contributed by atoms with Gasteiger partial charge in [-0.3, -0.25) is 4.79 Å². The third kappa shape index (κ3) is 3.36. The summed E-state index contributed by atoms with van der Waals surface area (Å²) in [6.07, 6.45) is 1.71. The first kappa shape index (κ1) is 15.7. The maximum absolute atomic E-state index is 13.2. The third-order valence-electron chi connectivity index (χ3n) is 4.60. The van der Waals surface area contributed by atoms with Gasteiger partial charge < -0.3 is 14.6 Å². The number of halogens is 1. The van der Waals surface area contributed by atoms with Crippen LogP contribution in [0.3, 0.4) is 0 Å². The number of benzene rings is 2. The van der Waals surface area contributed by atoms with Gasteiger partial charge in [0.1, 0.15) is 23.5 Å². The highest BCUT2D eigenvalue weighted by Gasteiger charge is 2.21. The van der Waals surface area contributed by atoms with Crippen LogP contribution in [-0.2, 0) is 0 Å². The van der Waals surface area contributed by atoms with Crippen molar-refractivity contribution in [3.8, 4) is 5.75 Å². The van der Waals surface area contributed by atoms with Crippen LogP contribution in [0.25, 0.3) is 10.9 Å². The molecule has 0 bridgehead atoms. The summed E-state index contributed by atoms with van der Waals surface area (Å²) in [7, 11) is 0. The maximum atomic E-state index is 13.2. The van der Waals surface area contributed by atoms with Crippen LogP contribution in [0, 0.1) is 5.82 Å². The Kier molecular flexibility index (Phi) is 4.14. The monoisotopic (exact) mass is 338 g/mol. The number of pyridine rings is 1.